The van der Waals surface area contributed by atoms with E-state index in [0.717, 1.165) is 37.8 Å². The summed E-state index contributed by atoms with van der Waals surface area (Å²) in [5.74, 6) is 1.94. The first kappa shape index (κ1) is 14.4. The number of hydrogen-bond acceptors (Lipinski definition) is 4. The SMILES string of the molecule is COc1ccc(N(CC2=NCCN2)Cc2ccccc2)cc1. The van der Waals surface area contributed by atoms with Crippen molar-refractivity contribution in [3.05, 3.63) is 60.2 Å². The maximum atomic E-state index is 5.25. The Bertz CT molecular complexity index is 623. The number of ether oxygens (including phenoxy) is 1. The second-order valence-corrected chi connectivity index (χ2v) is 5.29. The number of amidine groups is 1. The fraction of sp³-hybridized carbons (Fsp3) is 0.278. The van der Waals surface area contributed by atoms with Gasteiger partial charge in [-0.2, -0.15) is 0 Å². The lowest BCUT2D eigenvalue weighted by Crippen LogP contribution is -2.34. The molecule has 22 heavy (non-hydrogen) atoms. The number of hydrogen-bond donors (Lipinski definition) is 1. The second-order valence-electron chi connectivity index (χ2n) is 5.29. The maximum absolute atomic E-state index is 5.25. The van der Waals surface area contributed by atoms with Crippen molar-refractivity contribution < 1.29 is 4.74 Å². The zero-order valence-corrected chi connectivity index (χ0v) is 12.8. The highest BCUT2D eigenvalue weighted by Crippen LogP contribution is 2.21. The highest BCUT2D eigenvalue weighted by atomic mass is 16.5. The van der Waals surface area contributed by atoms with Crippen LogP contribution in [0.4, 0.5) is 5.69 Å². The summed E-state index contributed by atoms with van der Waals surface area (Å²) in [7, 11) is 1.69. The Labute approximate surface area is 131 Å². The average molecular weight is 295 g/mol. The summed E-state index contributed by atoms with van der Waals surface area (Å²) in [6, 6.07) is 18.7. The molecule has 2 aromatic rings. The van der Waals surface area contributed by atoms with Crippen LogP contribution in [0.5, 0.6) is 5.75 Å². The van der Waals surface area contributed by atoms with Crippen molar-refractivity contribution in [2.45, 2.75) is 6.54 Å². The highest BCUT2D eigenvalue weighted by Gasteiger charge is 2.13. The van der Waals surface area contributed by atoms with E-state index in [2.05, 4.69) is 51.6 Å². The Kier molecular flexibility index (Phi) is 4.59. The Morgan fingerprint density at radius 3 is 2.45 bits per heavy atom. The number of nitrogens with one attached hydrogen (secondary N) is 1. The van der Waals surface area contributed by atoms with E-state index in [-0.39, 0.29) is 0 Å². The minimum absolute atomic E-state index is 0.793. The fourth-order valence-corrected chi connectivity index (χ4v) is 2.57. The molecule has 1 aliphatic rings. The molecule has 1 heterocycles. The fourth-order valence-electron chi connectivity index (χ4n) is 2.57. The van der Waals surface area contributed by atoms with Gasteiger partial charge in [0.1, 0.15) is 11.6 Å². The van der Waals surface area contributed by atoms with Gasteiger partial charge in [-0.15, -0.1) is 0 Å². The third-order valence-corrected chi connectivity index (χ3v) is 3.74. The third kappa shape index (κ3) is 3.58. The van der Waals surface area contributed by atoms with Crippen LogP contribution in [0.25, 0.3) is 0 Å². The molecule has 1 aliphatic heterocycles. The predicted molar refractivity (Wildman–Crippen MR) is 90.8 cm³/mol. The van der Waals surface area contributed by atoms with Crippen LogP contribution in [0.2, 0.25) is 0 Å². The molecule has 3 rings (SSSR count). The summed E-state index contributed by atoms with van der Waals surface area (Å²) in [6.07, 6.45) is 0. The number of benzene rings is 2. The molecular weight excluding hydrogens is 274 g/mol. The summed E-state index contributed by atoms with van der Waals surface area (Å²) in [4.78, 5) is 6.84. The largest absolute Gasteiger partial charge is 0.497 e. The van der Waals surface area contributed by atoms with Crippen LogP contribution in [0, 0.1) is 0 Å². The van der Waals surface area contributed by atoms with Crippen molar-refractivity contribution in [3.63, 3.8) is 0 Å². The molecule has 0 amide bonds. The van der Waals surface area contributed by atoms with Gasteiger partial charge in [-0.3, -0.25) is 4.99 Å². The maximum Gasteiger partial charge on any atom is 0.119 e. The molecule has 4 nitrogen and oxygen atoms in total. The molecular formula is C18H21N3O. The molecule has 0 radical (unpaired) electrons. The lowest BCUT2D eigenvalue weighted by Gasteiger charge is -2.25. The molecule has 1 N–H and O–H groups in total. The Balaban J connectivity index is 1.80. The van der Waals surface area contributed by atoms with Gasteiger partial charge in [-0.1, -0.05) is 30.3 Å². The summed E-state index contributed by atoms with van der Waals surface area (Å²) >= 11 is 0. The van der Waals surface area contributed by atoms with Gasteiger partial charge in [-0.25, -0.2) is 0 Å². The van der Waals surface area contributed by atoms with Crippen molar-refractivity contribution in [2.75, 3.05) is 31.6 Å². The van der Waals surface area contributed by atoms with E-state index in [1.165, 1.54) is 11.3 Å². The number of rotatable bonds is 6. The van der Waals surface area contributed by atoms with Crippen LogP contribution in [-0.4, -0.2) is 32.6 Å². The molecule has 0 aliphatic carbocycles. The smallest absolute Gasteiger partial charge is 0.119 e. The lowest BCUT2D eigenvalue weighted by molar-refractivity contribution is 0.415. The number of anilines is 1. The van der Waals surface area contributed by atoms with Gasteiger partial charge in [0.2, 0.25) is 0 Å². The Morgan fingerprint density at radius 2 is 1.82 bits per heavy atom. The van der Waals surface area contributed by atoms with Gasteiger partial charge < -0.3 is 15.0 Å². The quantitative estimate of drug-likeness (QED) is 0.890. The third-order valence-electron chi connectivity index (χ3n) is 3.74. The van der Waals surface area contributed by atoms with Gasteiger partial charge in [0.25, 0.3) is 0 Å². The monoisotopic (exact) mass is 295 g/mol. The van der Waals surface area contributed by atoms with Gasteiger partial charge in [-0.05, 0) is 29.8 Å². The van der Waals surface area contributed by atoms with Crippen LogP contribution in [0.1, 0.15) is 5.56 Å². The first-order valence-electron chi connectivity index (χ1n) is 7.55. The van der Waals surface area contributed by atoms with E-state index >= 15 is 0 Å². The van der Waals surface area contributed by atoms with Crippen molar-refractivity contribution in [1.82, 2.24) is 5.32 Å². The summed E-state index contributed by atoms with van der Waals surface area (Å²) in [5.41, 5.74) is 2.46. The molecule has 0 bridgehead atoms. The molecule has 0 spiro atoms. The molecule has 0 aromatic heterocycles. The van der Waals surface area contributed by atoms with E-state index < -0.39 is 0 Å². The van der Waals surface area contributed by atoms with Crippen LogP contribution >= 0.6 is 0 Å². The van der Waals surface area contributed by atoms with Gasteiger partial charge in [0.15, 0.2) is 0 Å². The zero-order chi connectivity index (χ0) is 15.2. The molecule has 0 unspecified atom stereocenters. The second kappa shape index (κ2) is 6.98. The summed E-state index contributed by atoms with van der Waals surface area (Å²) in [5, 5.41) is 3.35. The minimum atomic E-state index is 0.793. The zero-order valence-electron chi connectivity index (χ0n) is 12.8. The van der Waals surface area contributed by atoms with E-state index in [9.17, 15) is 0 Å². The van der Waals surface area contributed by atoms with E-state index in [1.54, 1.807) is 7.11 Å². The van der Waals surface area contributed by atoms with Crippen molar-refractivity contribution in [3.8, 4) is 5.75 Å². The van der Waals surface area contributed by atoms with Gasteiger partial charge in [0, 0.05) is 18.8 Å². The lowest BCUT2D eigenvalue weighted by atomic mass is 10.2. The average Bonchev–Trinajstić information content (AvgIpc) is 3.08. The molecule has 0 saturated carbocycles. The van der Waals surface area contributed by atoms with Crippen LogP contribution < -0.4 is 15.0 Å². The van der Waals surface area contributed by atoms with Crippen LogP contribution in [-0.2, 0) is 6.54 Å². The first-order chi connectivity index (χ1) is 10.8. The highest BCUT2D eigenvalue weighted by molar-refractivity contribution is 5.88. The van der Waals surface area contributed by atoms with E-state index in [4.69, 9.17) is 4.74 Å². The number of nitrogens with zero attached hydrogens (tertiary/aromatic N) is 2. The van der Waals surface area contributed by atoms with Gasteiger partial charge in [0.05, 0.1) is 20.2 Å². The molecule has 0 atom stereocenters. The van der Waals surface area contributed by atoms with Crippen molar-refractivity contribution >= 4 is 11.5 Å². The topological polar surface area (TPSA) is 36.9 Å². The van der Waals surface area contributed by atoms with Crippen molar-refractivity contribution in [2.24, 2.45) is 4.99 Å². The standard InChI is InChI=1S/C18H21N3O/c1-22-17-9-7-16(8-10-17)21(14-18-19-11-12-20-18)13-15-5-3-2-4-6-15/h2-10H,11-14H2,1H3,(H,19,20). The minimum Gasteiger partial charge on any atom is -0.497 e. The Morgan fingerprint density at radius 1 is 1.05 bits per heavy atom. The summed E-state index contributed by atoms with van der Waals surface area (Å²) < 4.78 is 5.25. The molecule has 2 aromatic carbocycles. The normalized spacial score (nSPS) is 13.4. The van der Waals surface area contributed by atoms with Gasteiger partial charge >= 0.3 is 0 Å². The van der Waals surface area contributed by atoms with Crippen molar-refractivity contribution in [1.29, 1.82) is 0 Å². The van der Waals surface area contributed by atoms with Crippen LogP contribution in [0.3, 0.4) is 0 Å². The molecule has 0 fully saturated rings. The predicted octanol–water partition coefficient (Wildman–Crippen LogP) is 2.70. The van der Waals surface area contributed by atoms with E-state index in [0.29, 0.717) is 0 Å². The summed E-state index contributed by atoms with van der Waals surface area (Å²) in [6.45, 7) is 3.46. The number of methoxy groups -OCH3 is 1. The molecule has 0 saturated heterocycles. The first-order valence-corrected chi connectivity index (χ1v) is 7.55. The number of aliphatic imine (C=N–C) groups is 1. The van der Waals surface area contributed by atoms with E-state index in [1.807, 2.05) is 18.2 Å². The molecule has 4 heteroatoms. The Hall–Kier alpha value is -2.49. The van der Waals surface area contributed by atoms with Crippen LogP contribution in [0.15, 0.2) is 59.6 Å². The molecule has 114 valence electrons.